The molecule has 47 heavy (non-hydrogen) atoms. The van der Waals surface area contributed by atoms with E-state index in [9.17, 15) is 9.90 Å². The number of likely N-dealkylation sites (tertiary alicyclic amines) is 1. The number of aromatic amines is 1. The molecule has 2 aromatic rings. The van der Waals surface area contributed by atoms with E-state index in [0.29, 0.717) is 17.7 Å². The van der Waals surface area contributed by atoms with Gasteiger partial charge in [0.15, 0.2) is 0 Å². The van der Waals surface area contributed by atoms with Gasteiger partial charge < -0.3 is 15.3 Å². The number of nitrogens with two attached hydrogens (primary N) is 1. The van der Waals surface area contributed by atoms with Gasteiger partial charge >= 0.3 is 5.97 Å². The Labute approximate surface area is 281 Å². The SMILES string of the molecule is CC1(C)CC2C3=C(c4ccoc4CN4CCCC4)CC4C5(C)Cc6c(N)n[nH]c6C(C)(C)C5CCC4(C)C3(C)CCC2[C@H](C(=O)O)C1. The van der Waals surface area contributed by atoms with Crippen LogP contribution in [0.2, 0.25) is 0 Å². The summed E-state index contributed by atoms with van der Waals surface area (Å²) in [6, 6.07) is 2.27. The number of nitrogens with zero attached hydrogens (tertiary/aromatic N) is 2. The summed E-state index contributed by atoms with van der Waals surface area (Å²) in [4.78, 5) is 15.5. The summed E-state index contributed by atoms with van der Waals surface area (Å²) in [5.74, 6) is 2.35. The molecule has 7 nitrogen and oxygen atoms in total. The number of carboxylic acid groups (broad SMARTS) is 1. The largest absolute Gasteiger partial charge is 0.481 e. The normalized spacial score (nSPS) is 40.6. The van der Waals surface area contributed by atoms with Gasteiger partial charge in [-0.05, 0) is 134 Å². The molecular weight excluding hydrogens is 584 g/mol. The van der Waals surface area contributed by atoms with Crippen LogP contribution in [0.15, 0.2) is 22.3 Å². The molecule has 2 aromatic heterocycles. The van der Waals surface area contributed by atoms with E-state index in [4.69, 9.17) is 10.2 Å². The molecule has 3 heterocycles. The maximum atomic E-state index is 12.9. The highest BCUT2D eigenvalue weighted by atomic mass is 16.4. The molecule has 7 heteroatoms. The predicted molar refractivity (Wildman–Crippen MR) is 185 cm³/mol. The molecule has 6 aliphatic rings. The average Bonchev–Trinajstić information content (AvgIpc) is 3.75. The third-order valence-corrected chi connectivity index (χ3v) is 15.8. The first-order valence-corrected chi connectivity index (χ1v) is 18.7. The number of nitrogen functional groups attached to an aromatic ring is 1. The summed E-state index contributed by atoms with van der Waals surface area (Å²) < 4.78 is 6.41. The van der Waals surface area contributed by atoms with Crippen LogP contribution < -0.4 is 5.73 Å². The Morgan fingerprint density at radius 2 is 1.81 bits per heavy atom. The highest BCUT2D eigenvalue weighted by Crippen LogP contribution is 2.76. The van der Waals surface area contributed by atoms with Crippen LogP contribution in [-0.2, 0) is 23.2 Å². The lowest BCUT2D eigenvalue weighted by atomic mass is 9.33. The van der Waals surface area contributed by atoms with Gasteiger partial charge in [0.05, 0.1) is 18.7 Å². The van der Waals surface area contributed by atoms with Crippen molar-refractivity contribution in [2.45, 2.75) is 125 Å². The van der Waals surface area contributed by atoms with Gasteiger partial charge in [-0.3, -0.25) is 14.8 Å². The topological polar surface area (TPSA) is 108 Å². The molecule has 3 saturated carbocycles. The monoisotopic (exact) mass is 642 g/mol. The number of carboxylic acids is 1. The Balaban J connectivity index is 1.33. The maximum Gasteiger partial charge on any atom is 0.306 e. The van der Waals surface area contributed by atoms with Crippen molar-refractivity contribution in [1.29, 1.82) is 0 Å². The quantitative estimate of drug-likeness (QED) is 0.309. The number of allylic oxidation sites excluding steroid dienone is 2. The molecule has 5 aliphatic carbocycles. The Kier molecular flexibility index (Phi) is 6.91. The van der Waals surface area contributed by atoms with Crippen LogP contribution in [0.1, 0.15) is 129 Å². The van der Waals surface area contributed by atoms with Gasteiger partial charge in [0, 0.05) is 22.2 Å². The molecule has 1 aliphatic heterocycles. The summed E-state index contributed by atoms with van der Waals surface area (Å²) in [5, 5.41) is 18.5. The number of carbonyl (C=O) groups is 1. The third kappa shape index (κ3) is 4.32. The van der Waals surface area contributed by atoms with Crippen molar-refractivity contribution in [2.24, 2.45) is 51.2 Å². The number of furan rings is 1. The van der Waals surface area contributed by atoms with E-state index >= 15 is 0 Å². The minimum absolute atomic E-state index is 0.0145. The number of aliphatic carboxylic acids is 1. The molecule has 4 fully saturated rings. The second kappa shape index (κ2) is 10.2. The van der Waals surface area contributed by atoms with Crippen molar-refractivity contribution in [3.8, 4) is 0 Å². The van der Waals surface area contributed by atoms with Gasteiger partial charge in [0.1, 0.15) is 11.6 Å². The summed E-state index contributed by atoms with van der Waals surface area (Å²) in [7, 11) is 0. The first-order valence-electron chi connectivity index (χ1n) is 18.7. The zero-order chi connectivity index (χ0) is 33.3. The van der Waals surface area contributed by atoms with Crippen LogP contribution in [-0.4, -0.2) is 39.3 Å². The number of anilines is 1. The van der Waals surface area contributed by atoms with Crippen molar-refractivity contribution in [2.75, 3.05) is 18.8 Å². The Hall–Kier alpha value is -2.54. The number of rotatable bonds is 4. The summed E-state index contributed by atoms with van der Waals surface area (Å²) in [6.07, 6.45) is 12.7. The smallest absolute Gasteiger partial charge is 0.306 e. The molecule has 7 unspecified atom stereocenters. The van der Waals surface area contributed by atoms with Gasteiger partial charge in [0.2, 0.25) is 0 Å². The Bertz CT molecular complexity index is 1620. The van der Waals surface area contributed by atoms with E-state index < -0.39 is 5.97 Å². The molecule has 0 spiro atoms. The van der Waals surface area contributed by atoms with Crippen LogP contribution in [0, 0.1) is 51.2 Å². The highest BCUT2D eigenvalue weighted by molar-refractivity contribution is 5.75. The second-order valence-electron chi connectivity index (χ2n) is 18.9. The van der Waals surface area contributed by atoms with Crippen LogP contribution in [0.25, 0.3) is 5.57 Å². The minimum atomic E-state index is -0.595. The lowest BCUT2D eigenvalue weighted by Gasteiger charge is -2.70. The molecule has 8 atom stereocenters. The minimum Gasteiger partial charge on any atom is -0.481 e. The van der Waals surface area contributed by atoms with E-state index in [1.165, 1.54) is 48.1 Å². The zero-order valence-corrected chi connectivity index (χ0v) is 30.0. The van der Waals surface area contributed by atoms with Crippen molar-refractivity contribution in [3.05, 3.63) is 40.5 Å². The van der Waals surface area contributed by atoms with Crippen LogP contribution in [0.5, 0.6) is 0 Å². The number of fused-ring (bicyclic) bond motifs is 8. The first-order chi connectivity index (χ1) is 22.1. The molecular formula is C40H58N4O3. The van der Waals surface area contributed by atoms with Crippen molar-refractivity contribution >= 4 is 17.4 Å². The van der Waals surface area contributed by atoms with Crippen LogP contribution in [0.3, 0.4) is 0 Å². The van der Waals surface area contributed by atoms with Crippen LogP contribution in [0.4, 0.5) is 5.82 Å². The number of hydrogen-bond donors (Lipinski definition) is 3. The number of nitrogens with one attached hydrogen (secondary N) is 1. The number of aromatic nitrogens is 2. The maximum absolute atomic E-state index is 12.9. The lowest BCUT2D eigenvalue weighted by Crippen LogP contribution is -2.64. The van der Waals surface area contributed by atoms with E-state index in [1.54, 1.807) is 5.57 Å². The van der Waals surface area contributed by atoms with E-state index in [-0.39, 0.29) is 44.8 Å². The summed E-state index contributed by atoms with van der Waals surface area (Å²) in [5.41, 5.74) is 13.6. The fraction of sp³-hybridized carbons (Fsp3) is 0.750. The lowest BCUT2D eigenvalue weighted by molar-refractivity contribution is -0.161. The van der Waals surface area contributed by atoms with Crippen molar-refractivity contribution in [3.63, 3.8) is 0 Å². The van der Waals surface area contributed by atoms with Gasteiger partial charge in [-0.2, -0.15) is 5.10 Å². The molecule has 0 bridgehead atoms. The molecule has 0 radical (unpaired) electrons. The number of H-pyrrole nitrogens is 1. The van der Waals surface area contributed by atoms with Gasteiger partial charge in [-0.25, -0.2) is 0 Å². The summed E-state index contributed by atoms with van der Waals surface area (Å²) >= 11 is 0. The number of hydrogen-bond acceptors (Lipinski definition) is 5. The molecule has 0 amide bonds. The molecule has 4 N–H and O–H groups in total. The Morgan fingerprint density at radius 3 is 2.53 bits per heavy atom. The Morgan fingerprint density at radius 1 is 1.06 bits per heavy atom. The van der Waals surface area contributed by atoms with E-state index in [0.717, 1.165) is 63.9 Å². The van der Waals surface area contributed by atoms with Gasteiger partial charge in [-0.1, -0.05) is 54.0 Å². The molecule has 256 valence electrons. The fourth-order valence-electron chi connectivity index (χ4n) is 13.6. The average molecular weight is 643 g/mol. The first kappa shape index (κ1) is 31.7. The zero-order valence-electron chi connectivity index (χ0n) is 30.0. The molecule has 0 aromatic carbocycles. The third-order valence-electron chi connectivity index (χ3n) is 15.8. The highest BCUT2D eigenvalue weighted by Gasteiger charge is 2.68. The molecule has 8 rings (SSSR count). The standard InChI is InChI=1S/C40H58N4O3/c1-36(2)19-26-23(27(20-36)35(45)46)10-13-40(7)32(26)25(24-12-17-47-29(24)22-44-15-8-9-16-44)18-31-38(5)21-28-33(42-43-34(28)41)37(3,4)30(38)11-14-39(31,40)6/h12,17,23,26-27,30-31H,8-11,13-16,18-22H2,1-7H3,(H,45,46)(H3,41,42,43)/t23?,26?,27-,30?,31?,38?,39?,40?/m1/s1. The van der Waals surface area contributed by atoms with E-state index in [2.05, 4.69) is 69.6 Å². The van der Waals surface area contributed by atoms with Crippen LogP contribution >= 0.6 is 0 Å². The fourth-order valence-corrected chi connectivity index (χ4v) is 13.6. The predicted octanol–water partition coefficient (Wildman–Crippen LogP) is 8.46. The van der Waals surface area contributed by atoms with Crippen molar-refractivity contribution < 1.29 is 14.3 Å². The van der Waals surface area contributed by atoms with Gasteiger partial charge in [0.25, 0.3) is 0 Å². The molecule has 1 saturated heterocycles. The second-order valence-corrected chi connectivity index (χ2v) is 18.9. The summed E-state index contributed by atoms with van der Waals surface area (Å²) in [6.45, 7) is 20.4. The van der Waals surface area contributed by atoms with E-state index in [1.807, 2.05) is 6.26 Å². The van der Waals surface area contributed by atoms with Crippen molar-refractivity contribution in [1.82, 2.24) is 15.1 Å². The van der Waals surface area contributed by atoms with Gasteiger partial charge in [-0.15, -0.1) is 0 Å².